The molecule has 2 heterocycles. The Morgan fingerprint density at radius 2 is 2.11 bits per heavy atom. The number of halogens is 3. The number of fused-ring (bicyclic) bond motifs is 1. The zero-order valence-corrected chi connectivity index (χ0v) is 9.44. The van der Waals surface area contributed by atoms with Gasteiger partial charge >= 0.3 is 0 Å². The van der Waals surface area contributed by atoms with Crippen LogP contribution in [0, 0.1) is 5.82 Å². The first kappa shape index (κ1) is 11.6. The van der Waals surface area contributed by atoms with Gasteiger partial charge in [0, 0.05) is 0 Å². The number of nitrogens with two attached hydrogens (primary N) is 1. The minimum atomic E-state index is -2.79. The molecule has 1 aromatic carbocycles. The summed E-state index contributed by atoms with van der Waals surface area (Å²) in [5.74, 6) is -0.490. The van der Waals surface area contributed by atoms with Crippen LogP contribution in [0.2, 0.25) is 0 Å². The summed E-state index contributed by atoms with van der Waals surface area (Å²) in [6, 6.07) is 5.41. The van der Waals surface area contributed by atoms with Crippen LogP contribution < -0.4 is 5.73 Å². The van der Waals surface area contributed by atoms with Crippen LogP contribution in [-0.2, 0) is 0 Å². The lowest BCUT2D eigenvalue weighted by Gasteiger charge is -2.01. The molecule has 0 aliphatic heterocycles. The van der Waals surface area contributed by atoms with Crippen LogP contribution in [0.5, 0.6) is 0 Å². The van der Waals surface area contributed by atoms with E-state index in [9.17, 15) is 13.2 Å². The molecule has 3 rings (SSSR count). The van der Waals surface area contributed by atoms with Gasteiger partial charge in [-0.3, -0.25) is 5.10 Å². The van der Waals surface area contributed by atoms with Crippen molar-refractivity contribution in [2.75, 3.05) is 5.73 Å². The van der Waals surface area contributed by atoms with Gasteiger partial charge in [-0.15, -0.1) is 0 Å². The van der Waals surface area contributed by atoms with E-state index in [1.165, 1.54) is 24.3 Å². The lowest BCUT2D eigenvalue weighted by atomic mass is 10.3. The van der Waals surface area contributed by atoms with Crippen LogP contribution in [0.4, 0.5) is 19.0 Å². The van der Waals surface area contributed by atoms with Gasteiger partial charge in [-0.1, -0.05) is 6.07 Å². The molecular formula is C11H8F3N5. The van der Waals surface area contributed by atoms with E-state index in [2.05, 4.69) is 15.3 Å². The highest BCUT2D eigenvalue weighted by atomic mass is 19.3. The van der Waals surface area contributed by atoms with Crippen LogP contribution >= 0.6 is 0 Å². The summed E-state index contributed by atoms with van der Waals surface area (Å²) >= 11 is 0. The molecule has 8 heteroatoms. The van der Waals surface area contributed by atoms with Gasteiger partial charge in [0.2, 0.25) is 0 Å². The van der Waals surface area contributed by atoms with Crippen molar-refractivity contribution in [2.24, 2.45) is 0 Å². The molecule has 0 aliphatic rings. The Labute approximate surface area is 104 Å². The molecule has 0 unspecified atom stereocenters. The Morgan fingerprint density at radius 3 is 2.79 bits per heavy atom. The maximum Gasteiger partial charge on any atom is 0.282 e. The first-order valence-electron chi connectivity index (χ1n) is 5.34. The Kier molecular flexibility index (Phi) is 2.44. The largest absolute Gasteiger partial charge is 0.383 e. The molecule has 3 N–H and O–H groups in total. The third-order valence-corrected chi connectivity index (χ3v) is 2.70. The van der Waals surface area contributed by atoms with Crippen molar-refractivity contribution in [3.8, 4) is 5.69 Å². The number of nitrogen functional groups attached to an aromatic ring is 1. The molecule has 3 aromatic rings. The molecule has 19 heavy (non-hydrogen) atoms. The van der Waals surface area contributed by atoms with E-state index >= 15 is 0 Å². The molecule has 98 valence electrons. The van der Waals surface area contributed by atoms with E-state index in [1.807, 2.05) is 0 Å². The first-order valence-corrected chi connectivity index (χ1v) is 5.34. The van der Waals surface area contributed by atoms with Crippen LogP contribution in [0.1, 0.15) is 12.1 Å². The summed E-state index contributed by atoms with van der Waals surface area (Å²) in [7, 11) is 0. The average Bonchev–Trinajstić information content (AvgIpc) is 2.90. The van der Waals surface area contributed by atoms with Crippen molar-refractivity contribution in [1.82, 2.24) is 20.0 Å². The number of alkyl halides is 2. The number of H-pyrrole nitrogens is 1. The second kappa shape index (κ2) is 4.01. The first-order chi connectivity index (χ1) is 9.08. The summed E-state index contributed by atoms with van der Waals surface area (Å²) in [4.78, 5) is 0. The molecule has 0 atom stereocenters. The number of hydrogen-bond donors (Lipinski definition) is 2. The van der Waals surface area contributed by atoms with Crippen molar-refractivity contribution in [3.63, 3.8) is 0 Å². The highest BCUT2D eigenvalue weighted by molar-refractivity contribution is 5.90. The van der Waals surface area contributed by atoms with E-state index < -0.39 is 17.9 Å². The summed E-state index contributed by atoms with van der Waals surface area (Å²) in [6.45, 7) is 0. The van der Waals surface area contributed by atoms with Gasteiger partial charge in [-0.05, 0) is 18.2 Å². The SMILES string of the molecule is Nc1[nH]nc2c1c(C(F)F)nn2-c1cccc(F)c1. The third-order valence-electron chi connectivity index (χ3n) is 2.70. The van der Waals surface area contributed by atoms with Gasteiger partial charge in [0.05, 0.1) is 11.1 Å². The minimum absolute atomic E-state index is 0.00736. The van der Waals surface area contributed by atoms with E-state index in [0.29, 0.717) is 5.69 Å². The van der Waals surface area contributed by atoms with E-state index in [4.69, 9.17) is 5.73 Å². The predicted molar refractivity (Wildman–Crippen MR) is 62.5 cm³/mol. The highest BCUT2D eigenvalue weighted by Crippen LogP contribution is 2.31. The van der Waals surface area contributed by atoms with Crippen LogP contribution in [0.15, 0.2) is 24.3 Å². The van der Waals surface area contributed by atoms with Gasteiger partial charge in [0.15, 0.2) is 5.65 Å². The molecular weight excluding hydrogens is 259 g/mol. The lowest BCUT2D eigenvalue weighted by Crippen LogP contribution is -1.99. The van der Waals surface area contributed by atoms with E-state index in [0.717, 1.165) is 4.68 Å². The van der Waals surface area contributed by atoms with Crippen molar-refractivity contribution in [3.05, 3.63) is 35.8 Å². The molecule has 0 amide bonds. The fraction of sp³-hybridized carbons (Fsp3) is 0.0909. The van der Waals surface area contributed by atoms with E-state index in [1.54, 1.807) is 0 Å². The van der Waals surface area contributed by atoms with Gasteiger partial charge < -0.3 is 5.73 Å². The highest BCUT2D eigenvalue weighted by Gasteiger charge is 2.23. The number of aromatic nitrogens is 4. The summed E-state index contributed by atoms with van der Waals surface area (Å²) < 4.78 is 40.1. The molecule has 0 fully saturated rings. The molecule has 2 aromatic heterocycles. The number of aromatic amines is 1. The maximum atomic E-state index is 13.2. The number of nitrogens with zero attached hydrogens (tertiary/aromatic N) is 3. The van der Waals surface area contributed by atoms with Crippen LogP contribution in [-0.4, -0.2) is 20.0 Å². The summed E-state index contributed by atoms with van der Waals surface area (Å²) in [5.41, 5.74) is 5.51. The van der Waals surface area contributed by atoms with Crippen molar-refractivity contribution in [2.45, 2.75) is 6.43 Å². The van der Waals surface area contributed by atoms with Crippen molar-refractivity contribution >= 4 is 16.9 Å². The molecule has 0 radical (unpaired) electrons. The second-order valence-electron chi connectivity index (χ2n) is 3.91. The number of nitrogens with one attached hydrogen (secondary N) is 1. The standard InChI is InChI=1S/C11H8F3N5/c12-5-2-1-3-6(4-5)19-11-7(10(15)16-17-11)8(18-19)9(13)14/h1-4,9H,(H3,15,16,17). The minimum Gasteiger partial charge on any atom is -0.383 e. The second-order valence-corrected chi connectivity index (χ2v) is 3.91. The quantitative estimate of drug-likeness (QED) is 0.748. The Hall–Kier alpha value is -2.51. The molecule has 0 spiro atoms. The number of benzene rings is 1. The maximum absolute atomic E-state index is 13.2. The number of anilines is 1. The Morgan fingerprint density at radius 1 is 1.32 bits per heavy atom. The molecule has 0 saturated heterocycles. The number of rotatable bonds is 2. The molecule has 0 bridgehead atoms. The summed E-state index contributed by atoms with van der Waals surface area (Å²) in [6.07, 6.45) is -2.79. The Balaban J connectivity index is 2.30. The lowest BCUT2D eigenvalue weighted by molar-refractivity contribution is 0.147. The monoisotopic (exact) mass is 267 g/mol. The van der Waals surface area contributed by atoms with Crippen LogP contribution in [0.3, 0.4) is 0 Å². The third kappa shape index (κ3) is 1.72. The summed E-state index contributed by atoms with van der Waals surface area (Å²) in [5, 5.41) is 10.1. The van der Waals surface area contributed by atoms with Gasteiger partial charge in [0.1, 0.15) is 17.3 Å². The molecule has 5 nitrogen and oxygen atoms in total. The smallest absolute Gasteiger partial charge is 0.282 e. The zero-order valence-electron chi connectivity index (χ0n) is 9.44. The topological polar surface area (TPSA) is 72.5 Å². The van der Waals surface area contributed by atoms with Crippen LogP contribution in [0.25, 0.3) is 16.7 Å². The molecule has 0 saturated carbocycles. The van der Waals surface area contributed by atoms with E-state index in [-0.39, 0.29) is 16.9 Å². The fourth-order valence-electron chi connectivity index (χ4n) is 1.90. The normalized spacial score (nSPS) is 11.6. The fourth-order valence-corrected chi connectivity index (χ4v) is 1.90. The van der Waals surface area contributed by atoms with Crippen molar-refractivity contribution < 1.29 is 13.2 Å². The zero-order chi connectivity index (χ0) is 13.6. The van der Waals surface area contributed by atoms with Gasteiger partial charge in [-0.25, -0.2) is 17.9 Å². The Bertz CT molecular complexity index is 746. The predicted octanol–water partition coefficient (Wildman–Crippen LogP) is 2.41. The van der Waals surface area contributed by atoms with Gasteiger partial charge in [0.25, 0.3) is 6.43 Å². The number of hydrogen-bond acceptors (Lipinski definition) is 3. The molecule has 0 aliphatic carbocycles. The average molecular weight is 267 g/mol. The van der Waals surface area contributed by atoms with Crippen molar-refractivity contribution in [1.29, 1.82) is 0 Å². The van der Waals surface area contributed by atoms with Gasteiger partial charge in [-0.2, -0.15) is 10.2 Å².